The molecule has 13 heavy (non-hydrogen) atoms. The predicted octanol–water partition coefficient (Wildman–Crippen LogP) is 2.24. The Bertz CT molecular complexity index is 407. The maximum absolute atomic E-state index is 13.5. The zero-order valence-corrected chi connectivity index (χ0v) is 8.76. The summed E-state index contributed by atoms with van der Waals surface area (Å²) in [7, 11) is 0. The Hall–Kier alpha value is -0.830. The fourth-order valence-corrected chi connectivity index (χ4v) is 1.87. The quantitative estimate of drug-likeness (QED) is 0.686. The Morgan fingerprint density at radius 3 is 3.08 bits per heavy atom. The number of rotatable bonds is 0. The van der Waals surface area contributed by atoms with E-state index >= 15 is 0 Å². The molecule has 2 nitrogen and oxygen atoms in total. The van der Waals surface area contributed by atoms with Gasteiger partial charge >= 0.3 is 0 Å². The molecular formula is C9H5FINO. The fraction of sp³-hybridized carbons (Fsp3) is 0.222. The van der Waals surface area contributed by atoms with Crippen LogP contribution >= 0.6 is 22.6 Å². The number of halogens is 2. The van der Waals surface area contributed by atoms with Gasteiger partial charge in [-0.05, 0) is 28.7 Å². The maximum Gasteiger partial charge on any atom is 0.179 e. The van der Waals surface area contributed by atoms with Crippen LogP contribution in [0.25, 0.3) is 0 Å². The Balaban J connectivity index is 2.70. The minimum Gasteiger partial charge on any atom is -0.490 e. The second kappa shape index (κ2) is 3.14. The maximum atomic E-state index is 13.5. The first kappa shape index (κ1) is 8.75. The van der Waals surface area contributed by atoms with Crippen LogP contribution in [0.2, 0.25) is 0 Å². The molecule has 1 aliphatic rings. The van der Waals surface area contributed by atoms with Gasteiger partial charge in [-0.15, -0.1) is 0 Å². The van der Waals surface area contributed by atoms with E-state index in [1.54, 1.807) is 6.07 Å². The van der Waals surface area contributed by atoms with Gasteiger partial charge in [0.2, 0.25) is 0 Å². The third kappa shape index (κ3) is 1.27. The van der Waals surface area contributed by atoms with Crippen molar-refractivity contribution in [3.05, 3.63) is 26.6 Å². The van der Waals surface area contributed by atoms with Crippen molar-refractivity contribution < 1.29 is 9.13 Å². The van der Waals surface area contributed by atoms with E-state index in [4.69, 9.17) is 10.00 Å². The van der Waals surface area contributed by atoms with Crippen LogP contribution in [0.4, 0.5) is 4.39 Å². The second-order valence-corrected chi connectivity index (χ2v) is 3.83. The number of hydrogen-bond acceptors (Lipinski definition) is 2. The SMILES string of the molecule is N#Cc1cc2c(c(F)c1I)OCC2. The number of ether oxygens (including phenoxy) is 1. The number of hydrogen-bond donors (Lipinski definition) is 0. The molecule has 0 N–H and O–H groups in total. The zero-order valence-electron chi connectivity index (χ0n) is 6.60. The summed E-state index contributed by atoms with van der Waals surface area (Å²) < 4.78 is 18.9. The first-order valence-corrected chi connectivity index (χ1v) is 4.85. The van der Waals surface area contributed by atoms with Crippen LogP contribution in [-0.4, -0.2) is 6.61 Å². The highest BCUT2D eigenvalue weighted by Gasteiger charge is 2.21. The van der Waals surface area contributed by atoms with E-state index in [2.05, 4.69) is 0 Å². The van der Waals surface area contributed by atoms with Gasteiger partial charge in [-0.25, -0.2) is 4.39 Å². The van der Waals surface area contributed by atoms with Crippen LogP contribution in [0, 0.1) is 20.7 Å². The van der Waals surface area contributed by atoms with Crippen molar-refractivity contribution in [3.8, 4) is 11.8 Å². The molecule has 0 bridgehead atoms. The molecule has 0 saturated heterocycles. The summed E-state index contributed by atoms with van der Waals surface area (Å²) in [6.07, 6.45) is 0.692. The Kier molecular flexibility index (Phi) is 2.12. The summed E-state index contributed by atoms with van der Waals surface area (Å²) >= 11 is 1.82. The number of benzene rings is 1. The van der Waals surface area contributed by atoms with Gasteiger partial charge in [-0.3, -0.25) is 0 Å². The van der Waals surface area contributed by atoms with E-state index in [9.17, 15) is 4.39 Å². The molecule has 4 heteroatoms. The summed E-state index contributed by atoms with van der Waals surface area (Å²) in [6.45, 7) is 0.511. The third-order valence-corrected chi connectivity index (χ3v) is 3.03. The summed E-state index contributed by atoms with van der Waals surface area (Å²) in [5.41, 5.74) is 1.19. The number of nitriles is 1. The molecule has 1 heterocycles. The first-order chi connectivity index (χ1) is 6.24. The van der Waals surface area contributed by atoms with Crippen LogP contribution in [0.3, 0.4) is 0 Å². The van der Waals surface area contributed by atoms with Crippen molar-refractivity contribution in [2.45, 2.75) is 6.42 Å². The Morgan fingerprint density at radius 1 is 1.62 bits per heavy atom. The minimum atomic E-state index is -0.396. The van der Waals surface area contributed by atoms with Crippen LogP contribution in [0.5, 0.6) is 5.75 Å². The van der Waals surface area contributed by atoms with Crippen molar-refractivity contribution in [1.82, 2.24) is 0 Å². The van der Waals surface area contributed by atoms with Crippen molar-refractivity contribution in [2.75, 3.05) is 6.61 Å². The lowest BCUT2D eigenvalue weighted by Gasteiger charge is -2.03. The van der Waals surface area contributed by atoms with Crippen molar-refractivity contribution >= 4 is 22.6 Å². The van der Waals surface area contributed by atoms with Crippen LogP contribution in [0.15, 0.2) is 6.07 Å². The fourth-order valence-electron chi connectivity index (χ4n) is 1.35. The highest BCUT2D eigenvalue weighted by Crippen LogP contribution is 2.33. The molecule has 1 aromatic carbocycles. The molecule has 0 aromatic heterocycles. The largest absolute Gasteiger partial charge is 0.490 e. The van der Waals surface area contributed by atoms with Gasteiger partial charge in [0.1, 0.15) is 6.07 Å². The zero-order chi connectivity index (χ0) is 9.42. The summed E-state index contributed by atoms with van der Waals surface area (Å²) in [4.78, 5) is 0. The summed E-state index contributed by atoms with van der Waals surface area (Å²) in [5.74, 6) is -0.0736. The smallest absolute Gasteiger partial charge is 0.179 e. The molecule has 1 aliphatic heterocycles. The van der Waals surface area contributed by atoms with E-state index in [1.165, 1.54) is 0 Å². The molecule has 0 fully saturated rings. The molecule has 0 atom stereocenters. The Labute approximate surface area is 88.5 Å². The van der Waals surface area contributed by atoms with Crippen molar-refractivity contribution in [3.63, 3.8) is 0 Å². The second-order valence-electron chi connectivity index (χ2n) is 2.75. The number of nitrogens with zero attached hydrogens (tertiary/aromatic N) is 1. The average Bonchev–Trinajstić information content (AvgIpc) is 2.59. The van der Waals surface area contributed by atoms with Gasteiger partial charge in [0, 0.05) is 12.0 Å². The first-order valence-electron chi connectivity index (χ1n) is 3.78. The number of fused-ring (bicyclic) bond motifs is 1. The lowest BCUT2D eigenvalue weighted by Crippen LogP contribution is -1.93. The minimum absolute atomic E-state index is 0.323. The molecule has 0 radical (unpaired) electrons. The van der Waals surface area contributed by atoms with Crippen LogP contribution < -0.4 is 4.74 Å². The van der Waals surface area contributed by atoms with E-state index in [0.717, 1.165) is 5.56 Å². The molecule has 0 spiro atoms. The van der Waals surface area contributed by atoms with E-state index in [-0.39, 0.29) is 0 Å². The normalized spacial score (nSPS) is 13.3. The van der Waals surface area contributed by atoms with Gasteiger partial charge in [-0.2, -0.15) is 5.26 Å². The molecule has 1 aromatic rings. The van der Waals surface area contributed by atoms with Crippen LogP contribution in [-0.2, 0) is 6.42 Å². The molecule has 0 amide bonds. The molecule has 2 rings (SSSR count). The van der Waals surface area contributed by atoms with Crippen LogP contribution in [0.1, 0.15) is 11.1 Å². The predicted molar refractivity (Wildman–Crippen MR) is 53.0 cm³/mol. The van der Waals surface area contributed by atoms with Gasteiger partial charge in [0.15, 0.2) is 11.6 Å². The molecule has 0 unspecified atom stereocenters. The Morgan fingerprint density at radius 2 is 2.38 bits per heavy atom. The third-order valence-electron chi connectivity index (χ3n) is 1.98. The van der Waals surface area contributed by atoms with E-state index in [0.29, 0.717) is 27.9 Å². The van der Waals surface area contributed by atoms with Gasteiger partial charge in [0.05, 0.1) is 15.7 Å². The summed E-state index contributed by atoms with van der Waals surface area (Å²) in [5, 5.41) is 8.71. The lowest BCUT2D eigenvalue weighted by molar-refractivity contribution is 0.338. The standard InChI is InChI=1S/C9H5FINO/c10-7-8(11)6(4-12)3-5-1-2-13-9(5)7/h3H,1-2H2. The highest BCUT2D eigenvalue weighted by atomic mass is 127. The van der Waals surface area contributed by atoms with Gasteiger partial charge < -0.3 is 4.74 Å². The lowest BCUT2D eigenvalue weighted by atomic mass is 10.1. The molecule has 0 saturated carbocycles. The average molecular weight is 289 g/mol. The van der Waals surface area contributed by atoms with E-state index in [1.807, 2.05) is 28.7 Å². The molecule has 0 aliphatic carbocycles. The van der Waals surface area contributed by atoms with E-state index < -0.39 is 5.82 Å². The highest BCUT2D eigenvalue weighted by molar-refractivity contribution is 14.1. The molecule has 66 valence electrons. The monoisotopic (exact) mass is 289 g/mol. The van der Waals surface area contributed by atoms with Gasteiger partial charge in [0.25, 0.3) is 0 Å². The topological polar surface area (TPSA) is 33.0 Å². The molecular weight excluding hydrogens is 284 g/mol. The van der Waals surface area contributed by atoms with Gasteiger partial charge in [-0.1, -0.05) is 0 Å². The van der Waals surface area contributed by atoms with Crippen molar-refractivity contribution in [2.24, 2.45) is 0 Å². The van der Waals surface area contributed by atoms with Crippen molar-refractivity contribution in [1.29, 1.82) is 5.26 Å². The summed E-state index contributed by atoms with van der Waals surface area (Å²) in [6, 6.07) is 3.66.